The smallest absolute Gasteiger partial charge is 0.320 e. The Labute approximate surface area is 196 Å². The normalized spacial score (nSPS) is 23.7. The second kappa shape index (κ2) is 8.77. The lowest BCUT2D eigenvalue weighted by Gasteiger charge is -2.38. The van der Waals surface area contributed by atoms with E-state index >= 15 is 8.78 Å². The molecule has 186 valence electrons. The number of esters is 1. The summed E-state index contributed by atoms with van der Waals surface area (Å²) in [6.45, 7) is 5.20. The molecule has 0 saturated carbocycles. The van der Waals surface area contributed by atoms with Gasteiger partial charge in [-0.2, -0.15) is 5.10 Å². The van der Waals surface area contributed by atoms with Gasteiger partial charge in [-0.25, -0.2) is 8.78 Å². The maximum Gasteiger partial charge on any atom is 0.320 e. The van der Waals surface area contributed by atoms with Crippen LogP contribution in [0.2, 0.25) is 0 Å². The number of aliphatic hydroxyl groups is 1. The predicted molar refractivity (Wildman–Crippen MR) is 121 cm³/mol. The number of aliphatic hydroxyl groups excluding tert-OH is 1. The summed E-state index contributed by atoms with van der Waals surface area (Å²) in [5, 5.41) is 17.9. The highest BCUT2D eigenvalue weighted by molar-refractivity contribution is 5.92. The largest absolute Gasteiger partial charge is 0.459 e. The van der Waals surface area contributed by atoms with Crippen LogP contribution < -0.4 is 10.2 Å². The number of nitrogens with zero attached hydrogens (tertiary/aromatic N) is 4. The number of carbonyl (C=O) groups is 2. The van der Waals surface area contributed by atoms with Crippen molar-refractivity contribution >= 4 is 28.6 Å². The Balaban J connectivity index is 1.52. The molecule has 0 bridgehead atoms. The number of alkyl halides is 2. The van der Waals surface area contributed by atoms with Crippen molar-refractivity contribution in [3.05, 3.63) is 23.8 Å². The Bertz CT molecular complexity index is 1100. The van der Waals surface area contributed by atoms with Gasteiger partial charge in [0.05, 0.1) is 24.5 Å². The molecule has 9 nitrogen and oxygen atoms in total. The van der Waals surface area contributed by atoms with Crippen LogP contribution in [-0.2, 0) is 21.4 Å². The number of likely N-dealkylation sites (tertiary alicyclic amines) is 1. The van der Waals surface area contributed by atoms with E-state index in [9.17, 15) is 14.7 Å². The number of anilines is 1. The van der Waals surface area contributed by atoms with Crippen molar-refractivity contribution in [2.75, 3.05) is 31.1 Å². The first-order valence-corrected chi connectivity index (χ1v) is 11.4. The average molecular weight is 480 g/mol. The van der Waals surface area contributed by atoms with E-state index in [1.165, 1.54) is 4.90 Å². The maximum atomic E-state index is 15.2. The van der Waals surface area contributed by atoms with E-state index in [1.54, 1.807) is 55.6 Å². The molecule has 0 spiro atoms. The summed E-state index contributed by atoms with van der Waals surface area (Å²) in [5.41, 5.74) is 0.491. The van der Waals surface area contributed by atoms with E-state index in [-0.39, 0.29) is 25.3 Å². The molecule has 1 amide bonds. The van der Waals surface area contributed by atoms with Crippen molar-refractivity contribution in [1.82, 2.24) is 20.0 Å². The van der Waals surface area contributed by atoms with Crippen molar-refractivity contribution < 1.29 is 28.2 Å². The molecule has 0 aliphatic carbocycles. The summed E-state index contributed by atoms with van der Waals surface area (Å²) in [5.74, 6) is -4.29. The fourth-order valence-corrected chi connectivity index (χ4v) is 4.66. The number of carbonyl (C=O) groups excluding carboxylic acids is 2. The van der Waals surface area contributed by atoms with E-state index in [1.807, 2.05) is 0 Å². The van der Waals surface area contributed by atoms with Crippen molar-refractivity contribution in [2.24, 2.45) is 7.05 Å². The zero-order chi connectivity index (χ0) is 24.8. The van der Waals surface area contributed by atoms with Gasteiger partial charge >= 0.3 is 5.97 Å². The lowest BCUT2D eigenvalue weighted by molar-refractivity contribution is -0.159. The highest BCUT2D eigenvalue weighted by atomic mass is 19.3. The Morgan fingerprint density at radius 1 is 1.32 bits per heavy atom. The van der Waals surface area contributed by atoms with Crippen LogP contribution in [0.5, 0.6) is 0 Å². The molecule has 2 aliphatic rings. The minimum Gasteiger partial charge on any atom is -0.459 e. The minimum atomic E-state index is -3.03. The number of ether oxygens (including phenoxy) is 1. The summed E-state index contributed by atoms with van der Waals surface area (Å²) in [4.78, 5) is 26.6. The van der Waals surface area contributed by atoms with Gasteiger partial charge in [-0.15, -0.1) is 0 Å². The van der Waals surface area contributed by atoms with E-state index < -0.39 is 36.3 Å². The van der Waals surface area contributed by atoms with E-state index in [2.05, 4.69) is 10.4 Å². The van der Waals surface area contributed by atoms with Crippen molar-refractivity contribution in [2.45, 2.75) is 57.4 Å². The van der Waals surface area contributed by atoms with Crippen LogP contribution >= 0.6 is 0 Å². The number of aromatic nitrogens is 2. The monoisotopic (exact) mass is 479 g/mol. The summed E-state index contributed by atoms with van der Waals surface area (Å²) < 4.78 is 37.2. The third-order valence-corrected chi connectivity index (χ3v) is 6.15. The van der Waals surface area contributed by atoms with Crippen molar-refractivity contribution in [3.8, 4) is 0 Å². The molecule has 2 atom stereocenters. The number of fused-ring (bicyclic) bond motifs is 1. The Hall–Kier alpha value is -2.79. The number of amides is 1. The molecule has 2 fully saturated rings. The molecular formula is C23H31F2N5O4. The number of hydrogen-bond acceptors (Lipinski definition) is 7. The quantitative estimate of drug-likeness (QED) is 0.647. The van der Waals surface area contributed by atoms with Crippen LogP contribution in [0.1, 0.15) is 45.1 Å². The molecule has 2 aromatic rings. The molecule has 3 heterocycles. The fraction of sp³-hybridized carbons (Fsp3) is 0.609. The highest BCUT2D eigenvalue weighted by Gasteiger charge is 2.46. The van der Waals surface area contributed by atoms with Gasteiger partial charge in [0.15, 0.2) is 5.82 Å². The lowest BCUT2D eigenvalue weighted by atomic mass is 9.85. The summed E-state index contributed by atoms with van der Waals surface area (Å²) in [6.07, 6.45) is -0.776. The molecule has 11 heteroatoms. The van der Waals surface area contributed by atoms with Gasteiger partial charge in [0, 0.05) is 25.4 Å². The third-order valence-electron chi connectivity index (χ3n) is 6.15. The van der Waals surface area contributed by atoms with Gasteiger partial charge in [0.2, 0.25) is 12.3 Å². The number of rotatable bonds is 4. The molecular weight excluding hydrogens is 448 g/mol. The summed E-state index contributed by atoms with van der Waals surface area (Å²) in [6, 6.07) is 5.12. The highest BCUT2D eigenvalue weighted by Crippen LogP contribution is 2.41. The second-order valence-corrected chi connectivity index (χ2v) is 10.0. The minimum absolute atomic E-state index is 0.168. The molecule has 2 aliphatic heterocycles. The molecule has 4 rings (SSSR count). The third kappa shape index (κ3) is 5.00. The number of halogens is 2. The maximum absolute atomic E-state index is 15.2. The van der Waals surface area contributed by atoms with Crippen LogP contribution in [0, 0.1) is 0 Å². The number of benzene rings is 1. The lowest BCUT2D eigenvalue weighted by Crippen LogP contribution is -2.54. The zero-order valence-electron chi connectivity index (χ0n) is 19.8. The van der Waals surface area contributed by atoms with Crippen LogP contribution in [-0.4, -0.2) is 75.7 Å². The first-order chi connectivity index (χ1) is 15.8. The summed E-state index contributed by atoms with van der Waals surface area (Å²) in [7, 11) is 1.71. The molecule has 2 N–H and O–H groups in total. The summed E-state index contributed by atoms with van der Waals surface area (Å²) >= 11 is 0. The first kappa shape index (κ1) is 24.3. The fourth-order valence-electron chi connectivity index (χ4n) is 4.66. The van der Waals surface area contributed by atoms with Gasteiger partial charge in [-0.05, 0) is 51.4 Å². The van der Waals surface area contributed by atoms with Gasteiger partial charge < -0.3 is 20.1 Å². The average Bonchev–Trinajstić information content (AvgIpc) is 3.01. The van der Waals surface area contributed by atoms with E-state index in [0.717, 1.165) is 0 Å². The molecule has 1 aromatic carbocycles. The van der Waals surface area contributed by atoms with Crippen LogP contribution in [0.15, 0.2) is 18.2 Å². The number of nitrogens with one attached hydrogen (secondary N) is 1. The SMILES string of the molecule is Cn1nc(N2CCC(=O)NC2O)c2ccc(C3CCN(CC(=O)OC(C)(C)C)CC3(F)F)cc21. The number of aryl methyl sites for hydroxylation is 1. The first-order valence-electron chi connectivity index (χ1n) is 11.4. The molecule has 1 aromatic heterocycles. The Morgan fingerprint density at radius 2 is 2.06 bits per heavy atom. The van der Waals surface area contributed by atoms with E-state index in [4.69, 9.17) is 4.74 Å². The molecule has 34 heavy (non-hydrogen) atoms. The number of piperidine rings is 1. The molecule has 2 unspecified atom stereocenters. The Kier molecular flexibility index (Phi) is 6.28. The zero-order valence-corrected chi connectivity index (χ0v) is 19.8. The van der Waals surface area contributed by atoms with E-state index in [0.29, 0.717) is 35.4 Å². The number of hydrogen-bond donors (Lipinski definition) is 2. The van der Waals surface area contributed by atoms with Crippen molar-refractivity contribution in [1.29, 1.82) is 0 Å². The van der Waals surface area contributed by atoms with Crippen molar-refractivity contribution in [3.63, 3.8) is 0 Å². The van der Waals surface area contributed by atoms with Crippen LogP contribution in [0.25, 0.3) is 10.9 Å². The molecule has 2 saturated heterocycles. The topological polar surface area (TPSA) is 99.9 Å². The Morgan fingerprint density at radius 3 is 2.71 bits per heavy atom. The van der Waals surface area contributed by atoms with Gasteiger partial charge in [-0.3, -0.25) is 19.2 Å². The van der Waals surface area contributed by atoms with Gasteiger partial charge in [-0.1, -0.05) is 6.07 Å². The predicted octanol–water partition coefficient (Wildman–Crippen LogP) is 1.94. The van der Waals surface area contributed by atoms with Crippen LogP contribution in [0.4, 0.5) is 14.6 Å². The van der Waals surface area contributed by atoms with Crippen LogP contribution in [0.3, 0.4) is 0 Å². The van der Waals surface area contributed by atoms with Gasteiger partial charge in [0.25, 0.3) is 5.92 Å². The van der Waals surface area contributed by atoms with Gasteiger partial charge in [0.1, 0.15) is 5.60 Å². The molecule has 0 radical (unpaired) electrons. The standard InChI is InChI=1S/C23H31F2N5O4/c1-22(2,3)34-19(32)12-29-9-7-16(23(24,25)13-29)14-5-6-15-17(11-14)28(4)27-20(15)30-10-8-18(31)26-21(30)33/h5-6,11,16,21,33H,7-10,12-13H2,1-4H3,(H,26,31). The second-order valence-electron chi connectivity index (χ2n) is 10.0.